The molecule has 2 saturated heterocycles. The number of hydrogen-bond donors (Lipinski definition) is 12. The second-order valence-corrected chi connectivity index (χ2v) is 25.4. The van der Waals surface area contributed by atoms with E-state index in [-0.39, 0.29) is 97.5 Å². The lowest BCUT2D eigenvalue weighted by Gasteiger charge is -2.37. The summed E-state index contributed by atoms with van der Waals surface area (Å²) >= 11 is 0. The number of benzene rings is 3. The normalized spacial score (nSPS) is 19.1. The summed E-state index contributed by atoms with van der Waals surface area (Å²) in [5, 5.41) is 38.1. The molecule has 7 atom stereocenters. The number of rotatable bonds is 23. The number of amides is 7. The Morgan fingerprint density at radius 3 is 1.67 bits per heavy atom. The van der Waals surface area contributed by atoms with Gasteiger partial charge in [0.2, 0.25) is 29.5 Å². The highest BCUT2D eigenvalue weighted by Gasteiger charge is 2.54. The zero-order valence-electron chi connectivity index (χ0n) is 52.0. The number of hydrogen-bond acceptors (Lipinski definition) is 15. The van der Waals surface area contributed by atoms with Crippen LogP contribution in [0.2, 0.25) is 0 Å². The minimum atomic E-state index is -1.56. The number of nitrogens with zero attached hydrogens (tertiary/aromatic N) is 2. The highest BCUT2D eigenvalue weighted by molar-refractivity contribution is 6.01. The van der Waals surface area contributed by atoms with Crippen LogP contribution in [0.25, 0.3) is 0 Å². The van der Waals surface area contributed by atoms with Gasteiger partial charge in [0.05, 0.1) is 11.6 Å². The molecule has 0 saturated carbocycles. The van der Waals surface area contributed by atoms with Gasteiger partial charge in [-0.25, -0.2) is 14.4 Å². The molecule has 0 aromatic heterocycles. The fraction of sp³-hybridized carbons (Fsp3) is 0.548. The number of nitrogens with two attached hydrogens (primary N) is 2. The van der Waals surface area contributed by atoms with Gasteiger partial charge >= 0.3 is 18.2 Å². The van der Waals surface area contributed by atoms with Crippen LogP contribution in [0.4, 0.5) is 21.0 Å². The molecule has 3 aromatic carbocycles. The van der Waals surface area contributed by atoms with Crippen molar-refractivity contribution in [3.63, 3.8) is 0 Å². The Bertz CT molecular complexity index is 3120. The van der Waals surface area contributed by atoms with Crippen LogP contribution in [0.1, 0.15) is 148 Å². The summed E-state index contributed by atoms with van der Waals surface area (Å²) in [5.41, 5.74) is 10.2. The summed E-state index contributed by atoms with van der Waals surface area (Å²) in [6, 6.07) is 11.5. The SMILES string of the molecule is CC(C)[C@H](NC(=O)OC(C)(C)C)C(=O)N1CCCC1C(=O)N[C@@H](CCCNC(=N)N)C(=O)Nc1ccc2c(c1)Oc1cc(NC(=O)[C@H](CCCNC(=N)N)NC(=O)C3CCCN3C[C@@H](NC(=O)OC(C)(C)C)C(C)C)ccc1C21OC(=O)c2ccccc21. The summed E-state index contributed by atoms with van der Waals surface area (Å²) in [6.07, 6.45) is 1.56. The van der Waals surface area contributed by atoms with Crippen LogP contribution in [-0.4, -0.2) is 150 Å². The largest absolute Gasteiger partial charge is 0.456 e. The van der Waals surface area contributed by atoms with Crippen molar-refractivity contribution in [3.05, 3.63) is 82.9 Å². The molecule has 0 bridgehead atoms. The van der Waals surface area contributed by atoms with Crippen molar-refractivity contribution in [2.75, 3.05) is 43.4 Å². The first-order chi connectivity index (χ1) is 41.4. The predicted octanol–water partition coefficient (Wildman–Crippen LogP) is 5.18. The number of alkyl carbamates (subject to hydrolysis) is 2. The van der Waals surface area contributed by atoms with E-state index < -0.39 is 88.8 Å². The van der Waals surface area contributed by atoms with E-state index in [9.17, 15) is 38.4 Å². The Morgan fingerprint density at radius 2 is 1.16 bits per heavy atom. The third kappa shape index (κ3) is 16.9. The number of guanidine groups is 2. The Morgan fingerprint density at radius 1 is 0.659 bits per heavy atom. The van der Waals surface area contributed by atoms with E-state index >= 15 is 0 Å². The van der Waals surface area contributed by atoms with Gasteiger partial charge in [0, 0.05) is 72.4 Å². The Hall–Kier alpha value is -8.68. The molecule has 7 amide bonds. The predicted molar refractivity (Wildman–Crippen MR) is 329 cm³/mol. The maximum Gasteiger partial charge on any atom is 0.408 e. The summed E-state index contributed by atoms with van der Waals surface area (Å²) in [7, 11) is 0. The van der Waals surface area contributed by atoms with Gasteiger partial charge in [-0.2, -0.15) is 0 Å². The Kier molecular flexibility index (Phi) is 21.6. The van der Waals surface area contributed by atoms with Gasteiger partial charge in [-0.15, -0.1) is 0 Å². The number of esters is 1. The van der Waals surface area contributed by atoms with E-state index in [2.05, 4.69) is 42.5 Å². The minimum absolute atomic E-state index is 0.00226. The molecule has 4 aliphatic heterocycles. The number of likely N-dealkylation sites (tertiary alicyclic amines) is 2. The lowest BCUT2D eigenvalue weighted by molar-refractivity contribution is -0.141. The third-order valence-corrected chi connectivity index (χ3v) is 15.5. The van der Waals surface area contributed by atoms with Crippen LogP contribution in [0.5, 0.6) is 11.5 Å². The van der Waals surface area contributed by atoms with Gasteiger partial charge in [-0.05, 0) is 142 Å². The van der Waals surface area contributed by atoms with Gasteiger partial charge in [0.1, 0.15) is 46.9 Å². The topological polar surface area (TPSA) is 376 Å². The molecule has 4 aliphatic rings. The zero-order valence-corrected chi connectivity index (χ0v) is 52.0. The van der Waals surface area contributed by atoms with Crippen molar-refractivity contribution in [2.45, 2.75) is 174 Å². The summed E-state index contributed by atoms with van der Waals surface area (Å²) in [5.74, 6) is -3.71. The fourth-order valence-electron chi connectivity index (χ4n) is 11.3. The molecule has 26 heteroatoms. The number of fused-ring (bicyclic) bond motifs is 6. The molecule has 14 N–H and O–H groups in total. The number of anilines is 2. The highest BCUT2D eigenvalue weighted by atomic mass is 16.6. The van der Waals surface area contributed by atoms with Gasteiger partial charge in [0.15, 0.2) is 17.5 Å². The second kappa shape index (κ2) is 28.4. The van der Waals surface area contributed by atoms with Crippen molar-refractivity contribution in [2.24, 2.45) is 23.3 Å². The van der Waals surface area contributed by atoms with Crippen LogP contribution in [0.15, 0.2) is 60.7 Å². The average Bonchev–Trinajstić information content (AvgIpc) is 1.43. The van der Waals surface area contributed by atoms with Crippen LogP contribution in [0, 0.1) is 22.7 Å². The number of carbonyl (C=O) groups is 8. The Balaban J connectivity index is 1.13. The molecule has 7 rings (SSSR count). The monoisotopic (exact) mass is 1220 g/mol. The van der Waals surface area contributed by atoms with Crippen LogP contribution in [0.3, 0.4) is 0 Å². The van der Waals surface area contributed by atoms with E-state index in [0.29, 0.717) is 67.4 Å². The van der Waals surface area contributed by atoms with Gasteiger partial charge < -0.3 is 77.8 Å². The molecule has 3 unspecified atom stereocenters. The maximum atomic E-state index is 14.5. The van der Waals surface area contributed by atoms with Crippen molar-refractivity contribution < 1.29 is 57.3 Å². The molecule has 2 fully saturated rings. The standard InChI is InChI=1S/C62H88N14O12/c1-34(2)44(73-58(83)87-60(5,6)7)33-75-29-15-21-45(75)52(79)71-42(19-13-27-67-56(63)64)50(77)69-36-23-25-40-47(31-36)85-48-32-37(24-26-41(48)62(40)39-18-12-11-17-38(39)55(82)86-62)70-51(78)43(20-14-28-68-57(65)66)72-53(80)46-22-16-30-76(46)54(81)49(35(3)4)74-59(84)88-61(8,9)10/h11-12,17-18,23-26,31-32,34-35,42-46,49H,13-16,19-22,27-30,33H2,1-10H3,(H,69,77)(H,70,78)(H,71,79)(H,72,80)(H,73,83)(H,74,84)(H4,63,64,67)(H4,65,66,68)/t42-,43-,44+,45?,46?,49-,62?/m0/s1. The van der Waals surface area contributed by atoms with E-state index in [1.54, 1.807) is 116 Å². The van der Waals surface area contributed by atoms with Crippen LogP contribution in [-0.2, 0) is 43.8 Å². The van der Waals surface area contributed by atoms with Crippen LogP contribution < -0.4 is 58.7 Å². The summed E-state index contributed by atoms with van der Waals surface area (Å²) < 4.78 is 24.0. The molecule has 1 spiro atoms. The third-order valence-electron chi connectivity index (χ3n) is 15.5. The smallest absolute Gasteiger partial charge is 0.408 e. The summed E-state index contributed by atoms with van der Waals surface area (Å²) in [6.45, 7) is 19.6. The first-order valence-corrected chi connectivity index (χ1v) is 30.2. The molecule has 478 valence electrons. The number of carbonyl (C=O) groups excluding carboxylic acids is 8. The minimum Gasteiger partial charge on any atom is -0.456 e. The van der Waals surface area contributed by atoms with Crippen LogP contribution >= 0.6 is 0 Å². The van der Waals surface area contributed by atoms with Gasteiger partial charge in [0.25, 0.3) is 0 Å². The summed E-state index contributed by atoms with van der Waals surface area (Å²) in [4.78, 5) is 115. The van der Waals surface area contributed by atoms with Crippen molar-refractivity contribution in [1.29, 1.82) is 10.8 Å². The number of nitrogens with one attached hydrogen (secondary N) is 10. The molecule has 0 radical (unpaired) electrons. The first kappa shape index (κ1) is 66.8. The second-order valence-electron chi connectivity index (χ2n) is 25.4. The van der Waals surface area contributed by atoms with E-state index in [1.807, 2.05) is 18.7 Å². The van der Waals surface area contributed by atoms with E-state index in [1.165, 1.54) is 4.90 Å². The van der Waals surface area contributed by atoms with Crippen molar-refractivity contribution in [1.82, 2.24) is 41.7 Å². The Labute approximate surface area is 513 Å². The average molecular weight is 1220 g/mol. The molecule has 26 nitrogen and oxygen atoms in total. The molecule has 4 heterocycles. The fourth-order valence-corrected chi connectivity index (χ4v) is 11.3. The first-order valence-electron chi connectivity index (χ1n) is 30.2. The van der Waals surface area contributed by atoms with E-state index in [0.717, 1.165) is 0 Å². The number of ether oxygens (including phenoxy) is 4. The van der Waals surface area contributed by atoms with Crippen molar-refractivity contribution in [3.8, 4) is 11.5 Å². The molecular weight excluding hydrogens is 1130 g/mol. The molecule has 3 aromatic rings. The molecule has 88 heavy (non-hydrogen) atoms. The van der Waals surface area contributed by atoms with Gasteiger partial charge in [-0.1, -0.05) is 45.9 Å². The lowest BCUT2D eigenvalue weighted by Crippen LogP contribution is -2.57. The maximum absolute atomic E-state index is 14.5. The molecule has 0 aliphatic carbocycles. The van der Waals surface area contributed by atoms with Crippen molar-refractivity contribution >= 4 is 71.0 Å². The molecular formula is C62H88N14O12. The highest BCUT2D eigenvalue weighted by Crippen LogP contribution is 2.57. The quantitative estimate of drug-likeness (QED) is 0.0191. The zero-order chi connectivity index (χ0) is 64.4. The van der Waals surface area contributed by atoms with Gasteiger partial charge in [-0.3, -0.25) is 39.7 Å². The van der Waals surface area contributed by atoms with E-state index in [4.69, 9.17) is 41.2 Å². The lowest BCUT2D eigenvalue weighted by atomic mass is 9.77.